The smallest absolute Gasteiger partial charge is 0.0702 e. The van der Waals surface area contributed by atoms with Crippen LogP contribution < -0.4 is 5.73 Å². The van der Waals surface area contributed by atoms with Crippen LogP contribution in [0.2, 0.25) is 0 Å². The van der Waals surface area contributed by atoms with Crippen LogP contribution in [-0.4, -0.2) is 43.8 Å². The van der Waals surface area contributed by atoms with Crippen molar-refractivity contribution < 1.29 is 4.74 Å². The predicted octanol–water partition coefficient (Wildman–Crippen LogP) is 1.23. The number of rotatable bonds is 6. The predicted molar refractivity (Wildman–Crippen MR) is 59.4 cm³/mol. The number of hydrogen-bond acceptors (Lipinski definition) is 3. The van der Waals surface area contributed by atoms with Crippen molar-refractivity contribution in [1.29, 1.82) is 0 Å². The Kier molecular flexibility index (Phi) is 6.15. The first kappa shape index (κ1) is 12.0. The van der Waals surface area contributed by atoms with Crippen LogP contribution in [-0.2, 0) is 4.74 Å². The third-order valence-corrected chi connectivity index (χ3v) is 2.86. The zero-order chi connectivity index (χ0) is 10.2. The molecule has 0 bridgehead atoms. The van der Waals surface area contributed by atoms with Crippen LogP contribution in [0, 0.1) is 0 Å². The Hall–Kier alpha value is -0.120. The lowest BCUT2D eigenvalue weighted by atomic mass is 10.1. The lowest BCUT2D eigenvalue weighted by Gasteiger charge is -2.29. The van der Waals surface area contributed by atoms with Gasteiger partial charge in [0.25, 0.3) is 0 Å². The highest BCUT2D eigenvalue weighted by Crippen LogP contribution is 2.13. The Balaban J connectivity index is 2.16. The van der Waals surface area contributed by atoms with E-state index in [4.69, 9.17) is 10.5 Å². The minimum atomic E-state index is 0.474. The molecule has 14 heavy (non-hydrogen) atoms. The van der Waals surface area contributed by atoms with Crippen molar-refractivity contribution in [2.75, 3.05) is 32.8 Å². The lowest BCUT2D eigenvalue weighted by molar-refractivity contribution is -0.00489. The average molecular weight is 200 g/mol. The van der Waals surface area contributed by atoms with E-state index in [9.17, 15) is 0 Å². The van der Waals surface area contributed by atoms with E-state index in [1.165, 1.54) is 19.3 Å². The van der Waals surface area contributed by atoms with E-state index in [2.05, 4.69) is 11.8 Å². The molecule has 3 nitrogen and oxygen atoms in total. The third kappa shape index (κ3) is 4.40. The third-order valence-electron chi connectivity index (χ3n) is 2.86. The van der Waals surface area contributed by atoms with Gasteiger partial charge in [-0.3, -0.25) is 0 Å². The second kappa shape index (κ2) is 7.21. The van der Waals surface area contributed by atoms with Crippen molar-refractivity contribution in [3.8, 4) is 0 Å². The lowest BCUT2D eigenvalue weighted by Crippen LogP contribution is -2.36. The molecule has 1 aliphatic rings. The summed E-state index contributed by atoms with van der Waals surface area (Å²) in [5.74, 6) is 0. The van der Waals surface area contributed by atoms with Crippen LogP contribution in [0.15, 0.2) is 0 Å². The monoisotopic (exact) mass is 200 g/mol. The van der Waals surface area contributed by atoms with E-state index in [1.807, 2.05) is 0 Å². The summed E-state index contributed by atoms with van der Waals surface area (Å²) in [4.78, 5) is 2.45. The first-order chi connectivity index (χ1) is 6.86. The molecule has 0 aromatic carbocycles. The molecule has 1 atom stereocenters. The van der Waals surface area contributed by atoms with Crippen molar-refractivity contribution >= 4 is 0 Å². The molecule has 0 aromatic heterocycles. The van der Waals surface area contributed by atoms with Gasteiger partial charge in [-0.15, -0.1) is 0 Å². The Bertz CT molecular complexity index is 135. The van der Waals surface area contributed by atoms with E-state index >= 15 is 0 Å². The van der Waals surface area contributed by atoms with Crippen LogP contribution in [0.25, 0.3) is 0 Å². The SMILES string of the molecule is CCN(CCCN)CC1CCCCO1. The highest BCUT2D eigenvalue weighted by Gasteiger charge is 2.16. The molecule has 1 rings (SSSR count). The largest absolute Gasteiger partial charge is 0.377 e. The normalized spacial score (nSPS) is 22.9. The van der Waals surface area contributed by atoms with Gasteiger partial charge in [-0.25, -0.2) is 0 Å². The van der Waals surface area contributed by atoms with Crippen molar-refractivity contribution in [2.24, 2.45) is 5.73 Å². The molecule has 0 radical (unpaired) electrons. The van der Waals surface area contributed by atoms with Crippen molar-refractivity contribution in [3.05, 3.63) is 0 Å². The molecular weight excluding hydrogens is 176 g/mol. The summed E-state index contributed by atoms with van der Waals surface area (Å²) < 4.78 is 5.72. The second-order valence-corrected chi connectivity index (χ2v) is 4.02. The van der Waals surface area contributed by atoms with Gasteiger partial charge in [0, 0.05) is 13.2 Å². The van der Waals surface area contributed by atoms with Gasteiger partial charge in [-0.2, -0.15) is 0 Å². The van der Waals surface area contributed by atoms with Gasteiger partial charge in [0.2, 0.25) is 0 Å². The van der Waals surface area contributed by atoms with Crippen LogP contribution in [0.3, 0.4) is 0 Å². The van der Waals surface area contributed by atoms with Gasteiger partial charge in [0.15, 0.2) is 0 Å². The van der Waals surface area contributed by atoms with Crippen LogP contribution in [0.1, 0.15) is 32.6 Å². The quantitative estimate of drug-likeness (QED) is 0.701. The molecular formula is C11H24N2O. The van der Waals surface area contributed by atoms with E-state index in [0.29, 0.717) is 6.10 Å². The second-order valence-electron chi connectivity index (χ2n) is 4.02. The molecule has 1 aliphatic heterocycles. The number of nitrogens with two attached hydrogens (primary N) is 1. The molecule has 3 heteroatoms. The summed E-state index contributed by atoms with van der Waals surface area (Å²) >= 11 is 0. The standard InChI is InChI=1S/C11H24N2O/c1-2-13(8-5-7-12)10-11-6-3-4-9-14-11/h11H,2-10,12H2,1H3. The van der Waals surface area contributed by atoms with E-state index in [0.717, 1.165) is 39.2 Å². The highest BCUT2D eigenvalue weighted by atomic mass is 16.5. The topological polar surface area (TPSA) is 38.5 Å². The molecule has 1 fully saturated rings. The van der Waals surface area contributed by atoms with Crippen LogP contribution in [0.5, 0.6) is 0 Å². The highest BCUT2D eigenvalue weighted by molar-refractivity contribution is 4.68. The fraction of sp³-hybridized carbons (Fsp3) is 1.00. The first-order valence-electron chi connectivity index (χ1n) is 5.90. The van der Waals surface area contributed by atoms with Crippen molar-refractivity contribution in [2.45, 2.75) is 38.7 Å². The van der Waals surface area contributed by atoms with Gasteiger partial charge in [-0.05, 0) is 45.3 Å². The molecule has 1 saturated heterocycles. The molecule has 2 N–H and O–H groups in total. The van der Waals surface area contributed by atoms with Gasteiger partial charge < -0.3 is 15.4 Å². The van der Waals surface area contributed by atoms with E-state index in [1.54, 1.807) is 0 Å². The summed E-state index contributed by atoms with van der Waals surface area (Å²) in [7, 11) is 0. The van der Waals surface area contributed by atoms with Crippen molar-refractivity contribution in [1.82, 2.24) is 4.90 Å². The summed E-state index contributed by atoms with van der Waals surface area (Å²) in [6.07, 6.45) is 5.38. The number of ether oxygens (including phenoxy) is 1. The van der Waals surface area contributed by atoms with Crippen molar-refractivity contribution in [3.63, 3.8) is 0 Å². The Labute approximate surface area is 87.6 Å². The average Bonchev–Trinajstić information content (AvgIpc) is 2.25. The molecule has 1 heterocycles. The summed E-state index contributed by atoms with van der Waals surface area (Å²) in [5, 5.41) is 0. The molecule has 0 amide bonds. The van der Waals surface area contributed by atoms with Gasteiger partial charge in [0.1, 0.15) is 0 Å². The van der Waals surface area contributed by atoms with E-state index in [-0.39, 0.29) is 0 Å². The minimum Gasteiger partial charge on any atom is -0.377 e. The van der Waals surface area contributed by atoms with Gasteiger partial charge in [-0.1, -0.05) is 6.92 Å². The molecule has 1 unspecified atom stereocenters. The Morgan fingerprint density at radius 3 is 2.86 bits per heavy atom. The van der Waals surface area contributed by atoms with Gasteiger partial charge in [0.05, 0.1) is 6.10 Å². The minimum absolute atomic E-state index is 0.474. The first-order valence-corrected chi connectivity index (χ1v) is 5.90. The number of nitrogens with zero attached hydrogens (tertiary/aromatic N) is 1. The maximum absolute atomic E-state index is 5.72. The molecule has 0 spiro atoms. The summed E-state index contributed by atoms with van der Waals surface area (Å²) in [5.41, 5.74) is 5.51. The van der Waals surface area contributed by atoms with Gasteiger partial charge >= 0.3 is 0 Å². The van der Waals surface area contributed by atoms with Crippen LogP contribution in [0.4, 0.5) is 0 Å². The summed E-state index contributed by atoms with van der Waals surface area (Å²) in [6.45, 7) is 7.28. The maximum atomic E-state index is 5.72. The zero-order valence-electron chi connectivity index (χ0n) is 9.37. The number of likely N-dealkylation sites (N-methyl/N-ethyl adjacent to an activating group) is 1. The zero-order valence-corrected chi connectivity index (χ0v) is 9.37. The fourth-order valence-electron chi connectivity index (χ4n) is 1.93. The summed E-state index contributed by atoms with van der Waals surface area (Å²) in [6, 6.07) is 0. The Morgan fingerprint density at radius 1 is 1.43 bits per heavy atom. The molecule has 0 aliphatic carbocycles. The maximum Gasteiger partial charge on any atom is 0.0702 e. The van der Waals surface area contributed by atoms with E-state index < -0.39 is 0 Å². The molecule has 84 valence electrons. The molecule has 0 aromatic rings. The fourth-order valence-corrected chi connectivity index (χ4v) is 1.93. The number of hydrogen-bond donors (Lipinski definition) is 1. The van der Waals surface area contributed by atoms with Crippen LogP contribution >= 0.6 is 0 Å². The molecule has 0 saturated carbocycles. The Morgan fingerprint density at radius 2 is 2.29 bits per heavy atom.